The fraction of sp³-hybridized carbons (Fsp3) is 0.250. The van der Waals surface area contributed by atoms with Gasteiger partial charge in [-0.1, -0.05) is 23.7 Å². The smallest absolute Gasteiger partial charge is 0.308 e. The number of carboxylic acid groups (broad SMARTS) is 1. The number of aliphatic carboxylic acids is 1. The third-order valence-corrected chi connectivity index (χ3v) is 10.6. The summed E-state index contributed by atoms with van der Waals surface area (Å²) in [5.41, 5.74) is 3.64. The Kier molecular flexibility index (Phi) is 6.47. The van der Waals surface area contributed by atoms with Gasteiger partial charge in [0.2, 0.25) is 0 Å². The molecule has 3 aromatic heterocycles. The number of carboxylic acids is 1. The second-order valence-corrected chi connectivity index (χ2v) is 13.5. The Bertz CT molecular complexity index is 1670. The number of halogens is 1. The number of sulfonamides is 1. The van der Waals surface area contributed by atoms with Crippen molar-refractivity contribution in [2.24, 2.45) is 10.9 Å². The van der Waals surface area contributed by atoms with Gasteiger partial charge in [0, 0.05) is 21.7 Å². The Morgan fingerprint density at radius 1 is 1.11 bits per heavy atom. The van der Waals surface area contributed by atoms with Crippen LogP contribution < -0.4 is 4.72 Å². The SMILES string of the molecule is Cc1sc2c(c1C)C(c1ccc(NS(=O)(=O)c3ccc(Cl)s3)cc1)=NC([C@H](C)C(=O)O)c1nnc(C)n1-2. The molecule has 2 N–H and O–H groups in total. The highest BCUT2D eigenvalue weighted by Gasteiger charge is 2.36. The van der Waals surface area contributed by atoms with Crippen molar-refractivity contribution in [3.05, 3.63) is 74.0 Å². The second-order valence-electron chi connectivity index (χ2n) is 8.70. The van der Waals surface area contributed by atoms with Crippen LogP contribution in [-0.4, -0.2) is 40.0 Å². The quantitative estimate of drug-likeness (QED) is 0.318. The zero-order chi connectivity index (χ0) is 26.6. The van der Waals surface area contributed by atoms with Crippen molar-refractivity contribution in [3.63, 3.8) is 0 Å². The largest absolute Gasteiger partial charge is 0.481 e. The molecule has 4 heterocycles. The molecule has 1 unspecified atom stereocenters. The van der Waals surface area contributed by atoms with Gasteiger partial charge < -0.3 is 5.11 Å². The maximum absolute atomic E-state index is 12.7. The zero-order valence-electron chi connectivity index (χ0n) is 20.2. The third kappa shape index (κ3) is 4.48. The first-order chi connectivity index (χ1) is 17.5. The Morgan fingerprint density at radius 2 is 1.81 bits per heavy atom. The molecule has 4 aromatic rings. The van der Waals surface area contributed by atoms with E-state index in [2.05, 4.69) is 14.9 Å². The van der Waals surface area contributed by atoms with Crippen molar-refractivity contribution in [1.82, 2.24) is 14.8 Å². The third-order valence-electron chi connectivity index (χ3n) is 6.28. The van der Waals surface area contributed by atoms with E-state index < -0.39 is 28.0 Å². The van der Waals surface area contributed by atoms with E-state index in [-0.39, 0.29) is 4.21 Å². The number of carbonyl (C=O) groups is 1. The van der Waals surface area contributed by atoms with Crippen molar-refractivity contribution in [2.75, 3.05) is 4.72 Å². The van der Waals surface area contributed by atoms with Gasteiger partial charge in [-0.3, -0.25) is 19.1 Å². The highest BCUT2D eigenvalue weighted by molar-refractivity contribution is 7.94. The highest BCUT2D eigenvalue weighted by Crippen LogP contribution is 2.40. The fourth-order valence-corrected chi connectivity index (χ4v) is 7.92. The molecule has 0 saturated heterocycles. The predicted molar refractivity (Wildman–Crippen MR) is 145 cm³/mol. The first-order valence-electron chi connectivity index (χ1n) is 11.2. The van der Waals surface area contributed by atoms with E-state index in [4.69, 9.17) is 16.6 Å². The minimum atomic E-state index is -3.78. The molecule has 1 aromatic carbocycles. The second kappa shape index (κ2) is 9.35. The van der Waals surface area contributed by atoms with Crippen LogP contribution in [0.4, 0.5) is 5.69 Å². The van der Waals surface area contributed by atoms with Gasteiger partial charge in [0.05, 0.1) is 16.0 Å². The van der Waals surface area contributed by atoms with E-state index in [1.54, 1.807) is 42.5 Å². The summed E-state index contributed by atoms with van der Waals surface area (Å²) in [5, 5.41) is 19.2. The molecule has 192 valence electrons. The van der Waals surface area contributed by atoms with Gasteiger partial charge in [-0.2, -0.15) is 0 Å². The molecule has 0 fully saturated rings. The van der Waals surface area contributed by atoms with E-state index in [1.165, 1.54) is 12.1 Å². The fourth-order valence-electron chi connectivity index (χ4n) is 4.16. The average Bonchev–Trinajstić information content (AvgIpc) is 3.50. The number of nitrogens with zero attached hydrogens (tertiary/aromatic N) is 4. The summed E-state index contributed by atoms with van der Waals surface area (Å²) >= 11 is 8.45. The van der Waals surface area contributed by atoms with Gasteiger partial charge >= 0.3 is 5.97 Å². The van der Waals surface area contributed by atoms with E-state index in [0.29, 0.717) is 27.4 Å². The number of fused-ring (bicyclic) bond motifs is 3. The van der Waals surface area contributed by atoms with Gasteiger partial charge in [0.15, 0.2) is 5.82 Å². The van der Waals surface area contributed by atoms with Crippen LogP contribution in [0.25, 0.3) is 5.00 Å². The predicted octanol–water partition coefficient (Wildman–Crippen LogP) is 5.38. The Labute approximate surface area is 226 Å². The monoisotopic (exact) mass is 575 g/mol. The number of aryl methyl sites for hydroxylation is 2. The molecule has 0 aliphatic carbocycles. The van der Waals surface area contributed by atoms with Crippen molar-refractivity contribution >= 4 is 61.7 Å². The summed E-state index contributed by atoms with van der Waals surface area (Å²) in [6.07, 6.45) is 0. The molecule has 0 radical (unpaired) electrons. The van der Waals surface area contributed by atoms with Crippen molar-refractivity contribution < 1.29 is 18.3 Å². The maximum atomic E-state index is 12.7. The zero-order valence-corrected chi connectivity index (χ0v) is 23.4. The van der Waals surface area contributed by atoms with Crippen LogP contribution in [0.3, 0.4) is 0 Å². The number of hydrogen-bond acceptors (Lipinski definition) is 8. The van der Waals surface area contributed by atoms with Crippen LogP contribution in [0, 0.1) is 26.7 Å². The molecule has 9 nitrogen and oxygen atoms in total. The highest BCUT2D eigenvalue weighted by atomic mass is 35.5. The molecular formula is C24H22ClN5O4S3. The number of rotatable bonds is 6. The molecule has 0 amide bonds. The number of hydrogen-bond donors (Lipinski definition) is 2. The van der Waals surface area contributed by atoms with Gasteiger partial charge in [-0.15, -0.1) is 32.9 Å². The number of aromatic nitrogens is 3. The summed E-state index contributed by atoms with van der Waals surface area (Å²) in [4.78, 5) is 18.1. The molecule has 37 heavy (non-hydrogen) atoms. The lowest BCUT2D eigenvalue weighted by molar-refractivity contribution is -0.141. The summed E-state index contributed by atoms with van der Waals surface area (Å²) in [7, 11) is -3.78. The van der Waals surface area contributed by atoms with Gasteiger partial charge in [-0.05, 0) is 57.5 Å². The number of anilines is 1. The number of thiophene rings is 2. The lowest BCUT2D eigenvalue weighted by atomic mass is 9.98. The molecule has 5 rings (SSSR count). The van der Waals surface area contributed by atoms with Crippen molar-refractivity contribution in [2.45, 2.75) is 37.9 Å². The maximum Gasteiger partial charge on any atom is 0.308 e. The molecule has 0 bridgehead atoms. The van der Waals surface area contributed by atoms with E-state index in [9.17, 15) is 18.3 Å². The van der Waals surface area contributed by atoms with Gasteiger partial charge in [0.25, 0.3) is 10.0 Å². The molecule has 2 atom stereocenters. The normalized spacial score (nSPS) is 15.9. The van der Waals surface area contributed by atoms with E-state index in [1.807, 2.05) is 25.3 Å². The first kappa shape index (κ1) is 25.6. The van der Waals surface area contributed by atoms with Crippen molar-refractivity contribution in [1.29, 1.82) is 0 Å². The summed E-state index contributed by atoms with van der Waals surface area (Å²) in [6.45, 7) is 7.47. The molecule has 0 spiro atoms. The Hall–Kier alpha value is -3.06. The molecule has 13 heteroatoms. The average molecular weight is 576 g/mol. The first-order valence-corrected chi connectivity index (χ1v) is 14.7. The minimum absolute atomic E-state index is 0.118. The van der Waals surface area contributed by atoms with Crippen LogP contribution in [0.15, 0.2) is 45.6 Å². The molecule has 1 aliphatic heterocycles. The minimum Gasteiger partial charge on any atom is -0.481 e. The number of benzene rings is 1. The van der Waals surface area contributed by atoms with Crippen molar-refractivity contribution in [3.8, 4) is 5.00 Å². The molecule has 1 aliphatic rings. The number of aliphatic imine (C=N–C) groups is 1. The Morgan fingerprint density at radius 3 is 2.43 bits per heavy atom. The van der Waals surface area contributed by atoms with Crippen LogP contribution in [-0.2, 0) is 14.8 Å². The molecular weight excluding hydrogens is 554 g/mol. The van der Waals surface area contributed by atoms with Crippen LogP contribution in [0.5, 0.6) is 0 Å². The molecule has 0 saturated carbocycles. The number of nitrogens with one attached hydrogen (secondary N) is 1. The Balaban J connectivity index is 1.61. The van der Waals surface area contributed by atoms with E-state index in [0.717, 1.165) is 37.9 Å². The van der Waals surface area contributed by atoms with Gasteiger partial charge in [0.1, 0.15) is 21.1 Å². The van der Waals surface area contributed by atoms with Crippen LogP contribution in [0.2, 0.25) is 4.34 Å². The summed E-state index contributed by atoms with van der Waals surface area (Å²) < 4.78 is 30.4. The van der Waals surface area contributed by atoms with Crippen LogP contribution in [0.1, 0.15) is 46.2 Å². The lowest BCUT2D eigenvalue weighted by Gasteiger charge is -2.16. The lowest BCUT2D eigenvalue weighted by Crippen LogP contribution is -2.21. The van der Waals surface area contributed by atoms with Gasteiger partial charge in [-0.25, -0.2) is 8.42 Å². The standard InChI is InChI=1S/C24H22ClN5O4S3/c1-11-13(3)35-23-19(11)21(26-20(12(2)24(31)32)22-28-27-14(4)30(22)23)15-5-7-16(8-6-15)29-37(33,34)18-10-9-17(25)36-18/h5-10,12,20,29H,1-4H3,(H,31,32)/t12-,20?/m0/s1. The van der Waals surface area contributed by atoms with E-state index >= 15 is 0 Å². The topological polar surface area (TPSA) is 127 Å². The summed E-state index contributed by atoms with van der Waals surface area (Å²) in [5.74, 6) is -0.716. The van der Waals surface area contributed by atoms with Crippen LogP contribution >= 0.6 is 34.3 Å². The summed E-state index contributed by atoms with van der Waals surface area (Å²) in [6, 6.07) is 9.08.